The molecule has 0 unspecified atom stereocenters. The molecule has 9 heteroatoms. The monoisotopic (exact) mass is 431 g/mol. The Morgan fingerprint density at radius 3 is 2.27 bits per heavy atom. The SMILES string of the molecule is CNC(=O)c1cc(S(=O)(=O)Nc2ccc(C(=O)N3CCCCC3)cc2)ccc1OC. The van der Waals surface area contributed by atoms with Gasteiger partial charge in [0, 0.05) is 31.4 Å². The van der Waals surface area contributed by atoms with Gasteiger partial charge in [0.25, 0.3) is 21.8 Å². The van der Waals surface area contributed by atoms with E-state index in [0.29, 0.717) is 11.3 Å². The minimum atomic E-state index is -3.94. The number of rotatable bonds is 6. The van der Waals surface area contributed by atoms with Crippen LogP contribution in [0.5, 0.6) is 5.75 Å². The molecule has 0 aliphatic carbocycles. The first kappa shape index (κ1) is 21.6. The minimum absolute atomic E-state index is 0.0468. The summed E-state index contributed by atoms with van der Waals surface area (Å²) in [4.78, 5) is 26.3. The number of nitrogens with one attached hydrogen (secondary N) is 2. The highest BCUT2D eigenvalue weighted by Crippen LogP contribution is 2.24. The van der Waals surface area contributed by atoms with Gasteiger partial charge in [0.15, 0.2) is 0 Å². The largest absolute Gasteiger partial charge is 0.496 e. The maximum absolute atomic E-state index is 12.8. The lowest BCUT2D eigenvalue weighted by Gasteiger charge is -2.26. The zero-order chi connectivity index (χ0) is 21.7. The molecule has 1 aliphatic rings. The summed E-state index contributed by atoms with van der Waals surface area (Å²) in [5.74, 6) is -0.229. The lowest BCUT2D eigenvalue weighted by atomic mass is 10.1. The number of carbonyl (C=O) groups is 2. The van der Waals surface area contributed by atoms with Crippen LogP contribution < -0.4 is 14.8 Å². The predicted molar refractivity (Wildman–Crippen MR) is 113 cm³/mol. The summed E-state index contributed by atoms with van der Waals surface area (Å²) in [7, 11) is -1.08. The Bertz CT molecular complexity index is 1030. The second-order valence-electron chi connectivity index (χ2n) is 6.98. The summed E-state index contributed by atoms with van der Waals surface area (Å²) in [6.45, 7) is 1.50. The van der Waals surface area contributed by atoms with Crippen molar-refractivity contribution in [3.8, 4) is 5.75 Å². The third kappa shape index (κ3) is 4.73. The van der Waals surface area contributed by atoms with Crippen molar-refractivity contribution in [2.75, 3.05) is 32.0 Å². The minimum Gasteiger partial charge on any atom is -0.496 e. The molecule has 0 atom stereocenters. The van der Waals surface area contributed by atoms with Crippen LogP contribution in [0.1, 0.15) is 40.0 Å². The van der Waals surface area contributed by atoms with Gasteiger partial charge in [-0.3, -0.25) is 14.3 Å². The summed E-state index contributed by atoms with van der Waals surface area (Å²) in [6.07, 6.45) is 3.14. The third-order valence-corrected chi connectivity index (χ3v) is 6.36. The van der Waals surface area contributed by atoms with Crippen molar-refractivity contribution in [1.82, 2.24) is 10.2 Å². The molecule has 2 amide bonds. The van der Waals surface area contributed by atoms with E-state index < -0.39 is 15.9 Å². The highest BCUT2D eigenvalue weighted by molar-refractivity contribution is 7.92. The van der Waals surface area contributed by atoms with Crippen LogP contribution >= 0.6 is 0 Å². The van der Waals surface area contributed by atoms with Crippen LogP contribution in [-0.4, -0.2) is 52.4 Å². The molecule has 3 rings (SSSR count). The van der Waals surface area contributed by atoms with Gasteiger partial charge in [-0.05, 0) is 61.7 Å². The Balaban J connectivity index is 1.78. The van der Waals surface area contributed by atoms with Gasteiger partial charge in [0.1, 0.15) is 5.75 Å². The van der Waals surface area contributed by atoms with Crippen molar-refractivity contribution in [2.45, 2.75) is 24.2 Å². The van der Waals surface area contributed by atoms with Gasteiger partial charge in [-0.25, -0.2) is 8.42 Å². The molecule has 2 aromatic rings. The van der Waals surface area contributed by atoms with E-state index in [0.717, 1.165) is 32.4 Å². The first-order valence-electron chi connectivity index (χ1n) is 9.68. The number of amides is 2. The van der Waals surface area contributed by atoms with E-state index in [1.54, 1.807) is 24.3 Å². The zero-order valence-corrected chi connectivity index (χ0v) is 17.8. The van der Waals surface area contributed by atoms with E-state index in [4.69, 9.17) is 4.74 Å². The number of benzene rings is 2. The fourth-order valence-corrected chi connectivity index (χ4v) is 4.43. The van der Waals surface area contributed by atoms with Gasteiger partial charge in [0.2, 0.25) is 0 Å². The van der Waals surface area contributed by atoms with Crippen LogP contribution in [0.4, 0.5) is 5.69 Å². The molecule has 2 aromatic carbocycles. The van der Waals surface area contributed by atoms with Crippen LogP contribution in [0.2, 0.25) is 0 Å². The van der Waals surface area contributed by atoms with Crippen molar-refractivity contribution in [3.63, 3.8) is 0 Å². The molecule has 0 spiro atoms. The Labute approximate surface area is 176 Å². The first-order chi connectivity index (χ1) is 14.4. The number of sulfonamides is 1. The molecule has 30 heavy (non-hydrogen) atoms. The van der Waals surface area contributed by atoms with Gasteiger partial charge < -0.3 is 15.0 Å². The second kappa shape index (κ2) is 9.17. The van der Waals surface area contributed by atoms with E-state index in [9.17, 15) is 18.0 Å². The molecule has 8 nitrogen and oxygen atoms in total. The molecule has 0 radical (unpaired) electrons. The van der Waals surface area contributed by atoms with Gasteiger partial charge in [0.05, 0.1) is 17.6 Å². The number of hydrogen-bond donors (Lipinski definition) is 2. The van der Waals surface area contributed by atoms with E-state index in [1.807, 2.05) is 4.90 Å². The van der Waals surface area contributed by atoms with Crippen molar-refractivity contribution in [2.24, 2.45) is 0 Å². The van der Waals surface area contributed by atoms with E-state index in [2.05, 4.69) is 10.0 Å². The normalized spacial score (nSPS) is 14.1. The van der Waals surface area contributed by atoms with Crippen molar-refractivity contribution < 1.29 is 22.7 Å². The van der Waals surface area contributed by atoms with Crippen LogP contribution in [0.25, 0.3) is 0 Å². The number of likely N-dealkylation sites (tertiary alicyclic amines) is 1. The van der Waals surface area contributed by atoms with Gasteiger partial charge in [-0.2, -0.15) is 0 Å². The average molecular weight is 432 g/mol. The molecule has 0 aromatic heterocycles. The number of nitrogens with zero attached hydrogens (tertiary/aromatic N) is 1. The highest BCUT2D eigenvalue weighted by Gasteiger charge is 2.21. The second-order valence-corrected chi connectivity index (χ2v) is 8.66. The van der Waals surface area contributed by atoms with E-state index in [1.165, 1.54) is 32.4 Å². The molecule has 1 heterocycles. The maximum Gasteiger partial charge on any atom is 0.261 e. The van der Waals surface area contributed by atoms with Gasteiger partial charge in [-0.15, -0.1) is 0 Å². The summed E-state index contributed by atoms with van der Waals surface area (Å²) in [6, 6.07) is 10.4. The molecule has 160 valence electrons. The van der Waals surface area contributed by atoms with Gasteiger partial charge >= 0.3 is 0 Å². The Morgan fingerprint density at radius 1 is 1.00 bits per heavy atom. The lowest BCUT2D eigenvalue weighted by molar-refractivity contribution is 0.0724. The summed E-state index contributed by atoms with van der Waals surface area (Å²) in [5, 5.41) is 2.46. The van der Waals surface area contributed by atoms with Crippen LogP contribution in [0.3, 0.4) is 0 Å². The molecule has 1 saturated heterocycles. The molecular weight excluding hydrogens is 406 g/mol. The molecule has 2 N–H and O–H groups in total. The number of methoxy groups -OCH3 is 1. The first-order valence-corrected chi connectivity index (χ1v) is 11.2. The Morgan fingerprint density at radius 2 is 1.67 bits per heavy atom. The standard InChI is InChI=1S/C21H25N3O5S/c1-22-20(25)18-14-17(10-11-19(18)29-2)30(27,28)23-16-8-6-15(7-9-16)21(26)24-12-4-3-5-13-24/h6-11,14,23H,3-5,12-13H2,1-2H3,(H,22,25). The van der Waals surface area contributed by atoms with Crippen molar-refractivity contribution >= 4 is 27.5 Å². The zero-order valence-electron chi connectivity index (χ0n) is 17.0. The average Bonchev–Trinajstić information content (AvgIpc) is 2.78. The molecule has 1 fully saturated rings. The summed E-state index contributed by atoms with van der Waals surface area (Å²) < 4.78 is 33.1. The molecule has 0 saturated carbocycles. The molecule has 1 aliphatic heterocycles. The Hall–Kier alpha value is -3.07. The number of anilines is 1. The van der Waals surface area contributed by atoms with Crippen LogP contribution in [0, 0.1) is 0 Å². The summed E-state index contributed by atoms with van der Waals surface area (Å²) >= 11 is 0. The van der Waals surface area contributed by atoms with Crippen molar-refractivity contribution in [1.29, 1.82) is 0 Å². The van der Waals surface area contributed by atoms with E-state index in [-0.39, 0.29) is 22.1 Å². The molecule has 0 bridgehead atoms. The van der Waals surface area contributed by atoms with E-state index >= 15 is 0 Å². The van der Waals surface area contributed by atoms with Gasteiger partial charge in [-0.1, -0.05) is 0 Å². The third-order valence-electron chi connectivity index (χ3n) is 4.98. The molecular formula is C21H25N3O5S. The predicted octanol–water partition coefficient (Wildman–Crippen LogP) is 2.48. The number of hydrogen-bond acceptors (Lipinski definition) is 5. The van der Waals surface area contributed by atoms with Crippen LogP contribution in [-0.2, 0) is 10.0 Å². The highest BCUT2D eigenvalue weighted by atomic mass is 32.2. The quantitative estimate of drug-likeness (QED) is 0.731. The fourth-order valence-electron chi connectivity index (χ4n) is 3.34. The number of piperidine rings is 1. The number of carbonyl (C=O) groups excluding carboxylic acids is 2. The Kier molecular flexibility index (Phi) is 6.61. The maximum atomic E-state index is 12.8. The topological polar surface area (TPSA) is 105 Å². The lowest BCUT2D eigenvalue weighted by Crippen LogP contribution is -2.35. The smallest absolute Gasteiger partial charge is 0.261 e. The van der Waals surface area contributed by atoms with Crippen LogP contribution in [0.15, 0.2) is 47.4 Å². The summed E-state index contributed by atoms with van der Waals surface area (Å²) in [5.41, 5.74) is 0.957. The fraction of sp³-hybridized carbons (Fsp3) is 0.333. The van der Waals surface area contributed by atoms with Crippen molar-refractivity contribution in [3.05, 3.63) is 53.6 Å². The number of ether oxygens (including phenoxy) is 1.